The molecule has 0 saturated heterocycles. The molecule has 0 saturated carbocycles. The summed E-state index contributed by atoms with van der Waals surface area (Å²) < 4.78 is 5.78. The fourth-order valence-electron chi connectivity index (χ4n) is 2.36. The standard InChI is InChI=1S/C16H15NO2/c1-10-6-13-8-16(12-4-3-5-14(18)7-12)19-9-15(13)11(2)17-10/h3-8,18H,9H2,1-2H3. The second-order valence-corrected chi connectivity index (χ2v) is 4.76. The van der Waals surface area contributed by atoms with Gasteiger partial charge in [0, 0.05) is 22.5 Å². The van der Waals surface area contributed by atoms with Gasteiger partial charge in [0.05, 0.1) is 0 Å². The summed E-state index contributed by atoms with van der Waals surface area (Å²) in [5.74, 6) is 1.03. The molecule has 3 nitrogen and oxygen atoms in total. The summed E-state index contributed by atoms with van der Waals surface area (Å²) >= 11 is 0. The van der Waals surface area contributed by atoms with Crippen LogP contribution in [0.15, 0.2) is 30.3 Å². The smallest absolute Gasteiger partial charge is 0.127 e. The number of pyridine rings is 1. The van der Waals surface area contributed by atoms with E-state index in [2.05, 4.69) is 11.1 Å². The third kappa shape index (κ3) is 2.19. The maximum atomic E-state index is 9.53. The summed E-state index contributed by atoms with van der Waals surface area (Å²) in [6.45, 7) is 4.52. The Morgan fingerprint density at radius 1 is 1.21 bits per heavy atom. The van der Waals surface area contributed by atoms with Gasteiger partial charge in [0.1, 0.15) is 18.1 Å². The lowest BCUT2D eigenvalue weighted by Crippen LogP contribution is -2.06. The highest BCUT2D eigenvalue weighted by atomic mass is 16.5. The van der Waals surface area contributed by atoms with E-state index < -0.39 is 0 Å². The van der Waals surface area contributed by atoms with Gasteiger partial charge in [-0.05, 0) is 43.7 Å². The minimum absolute atomic E-state index is 0.245. The molecule has 0 atom stereocenters. The van der Waals surface area contributed by atoms with E-state index in [0.717, 1.165) is 33.8 Å². The molecule has 0 unspecified atom stereocenters. The summed E-state index contributed by atoms with van der Waals surface area (Å²) in [5.41, 5.74) is 5.19. The molecule has 2 heterocycles. The Hall–Kier alpha value is -2.29. The minimum atomic E-state index is 0.245. The molecule has 1 aromatic heterocycles. The highest BCUT2D eigenvalue weighted by Crippen LogP contribution is 2.30. The fraction of sp³-hybridized carbons (Fsp3) is 0.188. The van der Waals surface area contributed by atoms with Crippen molar-refractivity contribution in [2.75, 3.05) is 0 Å². The monoisotopic (exact) mass is 253 g/mol. The molecule has 0 radical (unpaired) electrons. The molecule has 0 spiro atoms. The molecule has 3 rings (SSSR count). The molecule has 0 amide bonds. The fourth-order valence-corrected chi connectivity index (χ4v) is 2.36. The molecular formula is C16H15NO2. The van der Waals surface area contributed by atoms with E-state index in [-0.39, 0.29) is 5.75 Å². The third-order valence-corrected chi connectivity index (χ3v) is 3.28. The largest absolute Gasteiger partial charge is 0.508 e. The van der Waals surface area contributed by atoms with Crippen LogP contribution >= 0.6 is 0 Å². The molecule has 0 bridgehead atoms. The van der Waals surface area contributed by atoms with Gasteiger partial charge in [0.15, 0.2) is 0 Å². The zero-order valence-electron chi connectivity index (χ0n) is 11.0. The Morgan fingerprint density at radius 3 is 2.84 bits per heavy atom. The minimum Gasteiger partial charge on any atom is -0.508 e. The van der Waals surface area contributed by atoms with Crippen molar-refractivity contribution in [1.29, 1.82) is 0 Å². The maximum absolute atomic E-state index is 9.53. The van der Waals surface area contributed by atoms with Gasteiger partial charge >= 0.3 is 0 Å². The second-order valence-electron chi connectivity index (χ2n) is 4.76. The number of fused-ring (bicyclic) bond motifs is 1. The first-order valence-electron chi connectivity index (χ1n) is 6.24. The molecule has 1 aliphatic rings. The zero-order chi connectivity index (χ0) is 13.4. The van der Waals surface area contributed by atoms with E-state index in [0.29, 0.717) is 6.61 Å². The maximum Gasteiger partial charge on any atom is 0.127 e. The molecule has 1 aromatic carbocycles. The Labute approximate surface area is 112 Å². The first-order valence-corrected chi connectivity index (χ1v) is 6.24. The number of aromatic hydroxyl groups is 1. The summed E-state index contributed by atoms with van der Waals surface area (Å²) in [4.78, 5) is 4.45. The van der Waals surface area contributed by atoms with Crippen LogP contribution in [0.5, 0.6) is 5.75 Å². The van der Waals surface area contributed by atoms with Crippen molar-refractivity contribution in [3.05, 3.63) is 58.4 Å². The number of hydrogen-bond donors (Lipinski definition) is 1. The van der Waals surface area contributed by atoms with Gasteiger partial charge in [-0.25, -0.2) is 0 Å². The normalized spacial score (nSPS) is 13.5. The number of hydrogen-bond acceptors (Lipinski definition) is 3. The van der Waals surface area contributed by atoms with E-state index >= 15 is 0 Å². The van der Waals surface area contributed by atoms with Gasteiger partial charge in [-0.2, -0.15) is 0 Å². The van der Waals surface area contributed by atoms with Gasteiger partial charge in [0.2, 0.25) is 0 Å². The van der Waals surface area contributed by atoms with Crippen LogP contribution in [0, 0.1) is 13.8 Å². The number of aromatic nitrogens is 1. The van der Waals surface area contributed by atoms with Crippen molar-refractivity contribution in [1.82, 2.24) is 4.98 Å². The topological polar surface area (TPSA) is 42.4 Å². The molecule has 1 aliphatic heterocycles. The highest BCUT2D eigenvalue weighted by Gasteiger charge is 2.16. The van der Waals surface area contributed by atoms with E-state index in [1.54, 1.807) is 12.1 Å². The number of ether oxygens (including phenoxy) is 1. The average molecular weight is 253 g/mol. The molecule has 0 aliphatic carbocycles. The Bertz CT molecular complexity index is 674. The van der Waals surface area contributed by atoms with Gasteiger partial charge in [0.25, 0.3) is 0 Å². The molecule has 19 heavy (non-hydrogen) atoms. The highest BCUT2D eigenvalue weighted by molar-refractivity contribution is 5.80. The number of rotatable bonds is 1. The van der Waals surface area contributed by atoms with Crippen molar-refractivity contribution in [2.45, 2.75) is 20.5 Å². The van der Waals surface area contributed by atoms with Crippen LogP contribution in [0.3, 0.4) is 0 Å². The summed E-state index contributed by atoms with van der Waals surface area (Å²) in [6.07, 6.45) is 2.01. The molecule has 1 N–H and O–H groups in total. The average Bonchev–Trinajstić information content (AvgIpc) is 2.37. The summed E-state index contributed by atoms with van der Waals surface area (Å²) in [5, 5.41) is 9.53. The van der Waals surface area contributed by atoms with Crippen LogP contribution in [0.2, 0.25) is 0 Å². The SMILES string of the molecule is Cc1cc2c(c(C)n1)COC(c1cccc(O)c1)=C2. The first kappa shape index (κ1) is 11.8. The Balaban J connectivity index is 2.09. The van der Waals surface area contributed by atoms with Crippen LogP contribution in [-0.4, -0.2) is 10.1 Å². The number of phenolic OH excluding ortho intramolecular Hbond substituents is 1. The molecular weight excluding hydrogens is 238 g/mol. The van der Waals surface area contributed by atoms with Gasteiger partial charge in [-0.3, -0.25) is 4.98 Å². The van der Waals surface area contributed by atoms with Crippen molar-refractivity contribution in [2.24, 2.45) is 0 Å². The zero-order valence-corrected chi connectivity index (χ0v) is 11.0. The number of benzene rings is 1. The number of phenols is 1. The van der Waals surface area contributed by atoms with Crippen LogP contribution in [0.1, 0.15) is 28.1 Å². The van der Waals surface area contributed by atoms with Crippen LogP contribution in [0.25, 0.3) is 11.8 Å². The number of aryl methyl sites for hydroxylation is 2. The van der Waals surface area contributed by atoms with Gasteiger partial charge in [-0.1, -0.05) is 12.1 Å². The summed E-state index contributed by atoms with van der Waals surface area (Å²) in [6, 6.07) is 9.16. The van der Waals surface area contributed by atoms with E-state index in [1.165, 1.54) is 0 Å². The predicted molar refractivity (Wildman–Crippen MR) is 74.5 cm³/mol. The third-order valence-electron chi connectivity index (χ3n) is 3.28. The van der Waals surface area contributed by atoms with Crippen LogP contribution in [0.4, 0.5) is 0 Å². The Kier molecular flexibility index (Phi) is 2.75. The van der Waals surface area contributed by atoms with E-state index in [1.807, 2.05) is 32.1 Å². The van der Waals surface area contributed by atoms with E-state index in [9.17, 15) is 5.11 Å². The molecule has 3 heteroatoms. The van der Waals surface area contributed by atoms with Crippen LogP contribution < -0.4 is 0 Å². The van der Waals surface area contributed by atoms with Crippen molar-refractivity contribution in [3.8, 4) is 5.75 Å². The van der Waals surface area contributed by atoms with Crippen molar-refractivity contribution >= 4 is 11.8 Å². The van der Waals surface area contributed by atoms with Crippen molar-refractivity contribution in [3.63, 3.8) is 0 Å². The molecule has 2 aromatic rings. The van der Waals surface area contributed by atoms with Gasteiger partial charge < -0.3 is 9.84 Å². The second kappa shape index (κ2) is 4.43. The van der Waals surface area contributed by atoms with Crippen LogP contribution in [-0.2, 0) is 11.3 Å². The molecule has 0 fully saturated rings. The Morgan fingerprint density at radius 2 is 2.05 bits per heavy atom. The lowest BCUT2D eigenvalue weighted by molar-refractivity contribution is 0.260. The lowest BCUT2D eigenvalue weighted by Gasteiger charge is -2.20. The lowest BCUT2D eigenvalue weighted by atomic mass is 10.0. The summed E-state index contributed by atoms with van der Waals surface area (Å²) in [7, 11) is 0. The first-order chi connectivity index (χ1) is 9.13. The van der Waals surface area contributed by atoms with Gasteiger partial charge in [-0.15, -0.1) is 0 Å². The quantitative estimate of drug-likeness (QED) is 0.846. The van der Waals surface area contributed by atoms with E-state index in [4.69, 9.17) is 4.74 Å². The predicted octanol–water partition coefficient (Wildman–Crippen LogP) is 3.43. The molecule has 96 valence electrons. The van der Waals surface area contributed by atoms with Crippen molar-refractivity contribution < 1.29 is 9.84 Å². The number of nitrogens with zero attached hydrogens (tertiary/aromatic N) is 1.